The summed E-state index contributed by atoms with van der Waals surface area (Å²) in [4.78, 5) is 24.2. The van der Waals surface area contributed by atoms with Crippen LogP contribution in [0.3, 0.4) is 0 Å². The van der Waals surface area contributed by atoms with Crippen molar-refractivity contribution in [2.75, 3.05) is 13.1 Å². The number of carbonyl (C=O) groups is 2. The maximum atomic E-state index is 13.5. The van der Waals surface area contributed by atoms with Crippen LogP contribution in [0, 0.1) is 5.82 Å². The first-order valence-corrected chi connectivity index (χ1v) is 7.95. The van der Waals surface area contributed by atoms with Crippen LogP contribution in [0.5, 0.6) is 0 Å². The highest BCUT2D eigenvalue weighted by Crippen LogP contribution is 2.18. The van der Waals surface area contributed by atoms with E-state index in [1.54, 1.807) is 12.1 Å². The summed E-state index contributed by atoms with van der Waals surface area (Å²) < 4.78 is 13.5. The van der Waals surface area contributed by atoms with E-state index in [-0.39, 0.29) is 24.6 Å². The van der Waals surface area contributed by atoms with E-state index < -0.39 is 11.7 Å². The lowest BCUT2D eigenvalue weighted by molar-refractivity contribution is 0.0926. The molecular formula is C20H17FN2O2. The molecule has 0 fully saturated rings. The summed E-state index contributed by atoms with van der Waals surface area (Å²) in [6.07, 6.45) is 0. The van der Waals surface area contributed by atoms with Crippen LogP contribution >= 0.6 is 0 Å². The van der Waals surface area contributed by atoms with Crippen molar-refractivity contribution in [3.8, 4) is 0 Å². The van der Waals surface area contributed by atoms with Gasteiger partial charge in [0.15, 0.2) is 0 Å². The van der Waals surface area contributed by atoms with Crippen molar-refractivity contribution in [3.63, 3.8) is 0 Å². The molecule has 3 aromatic carbocycles. The minimum Gasteiger partial charge on any atom is -0.350 e. The van der Waals surface area contributed by atoms with Gasteiger partial charge in [0.2, 0.25) is 0 Å². The van der Waals surface area contributed by atoms with Crippen molar-refractivity contribution in [1.82, 2.24) is 10.6 Å². The highest BCUT2D eigenvalue weighted by Gasteiger charge is 2.11. The molecule has 0 radical (unpaired) electrons. The van der Waals surface area contributed by atoms with Crippen molar-refractivity contribution in [2.45, 2.75) is 0 Å². The molecule has 4 nitrogen and oxygen atoms in total. The molecule has 0 aliphatic rings. The first-order chi connectivity index (χ1) is 12.2. The third kappa shape index (κ3) is 3.83. The molecule has 25 heavy (non-hydrogen) atoms. The molecule has 5 heteroatoms. The van der Waals surface area contributed by atoms with Gasteiger partial charge in [-0.05, 0) is 29.0 Å². The average molecular weight is 336 g/mol. The van der Waals surface area contributed by atoms with Crippen LogP contribution in [0.15, 0.2) is 66.7 Å². The Morgan fingerprint density at radius 2 is 1.28 bits per heavy atom. The molecule has 0 saturated heterocycles. The van der Waals surface area contributed by atoms with Gasteiger partial charge in [0.05, 0.1) is 5.56 Å². The van der Waals surface area contributed by atoms with E-state index in [9.17, 15) is 14.0 Å². The van der Waals surface area contributed by atoms with Gasteiger partial charge in [0.25, 0.3) is 11.8 Å². The molecule has 0 heterocycles. The van der Waals surface area contributed by atoms with Crippen LogP contribution in [0.25, 0.3) is 10.8 Å². The third-order valence-electron chi connectivity index (χ3n) is 3.85. The summed E-state index contributed by atoms with van der Waals surface area (Å²) in [6, 6.07) is 18.9. The minimum atomic E-state index is -0.570. The average Bonchev–Trinajstić information content (AvgIpc) is 2.64. The second-order valence-electron chi connectivity index (χ2n) is 5.52. The van der Waals surface area contributed by atoms with E-state index >= 15 is 0 Å². The quantitative estimate of drug-likeness (QED) is 0.703. The second-order valence-corrected chi connectivity index (χ2v) is 5.52. The van der Waals surface area contributed by atoms with Crippen molar-refractivity contribution in [1.29, 1.82) is 0 Å². The van der Waals surface area contributed by atoms with Gasteiger partial charge >= 0.3 is 0 Å². The van der Waals surface area contributed by atoms with Gasteiger partial charge in [-0.15, -0.1) is 0 Å². The summed E-state index contributed by atoms with van der Waals surface area (Å²) in [6.45, 7) is 0.464. The van der Waals surface area contributed by atoms with Crippen molar-refractivity contribution >= 4 is 22.6 Å². The molecular weight excluding hydrogens is 319 g/mol. The molecule has 2 amide bonds. The number of amides is 2. The molecule has 2 N–H and O–H groups in total. The summed E-state index contributed by atoms with van der Waals surface area (Å²) >= 11 is 0. The van der Waals surface area contributed by atoms with Crippen molar-refractivity contribution in [3.05, 3.63) is 83.7 Å². The van der Waals surface area contributed by atoms with Gasteiger partial charge in [0.1, 0.15) is 5.82 Å². The van der Waals surface area contributed by atoms with Gasteiger partial charge in [-0.3, -0.25) is 9.59 Å². The van der Waals surface area contributed by atoms with Gasteiger partial charge in [-0.25, -0.2) is 4.39 Å². The number of benzene rings is 3. The highest BCUT2D eigenvalue weighted by atomic mass is 19.1. The molecule has 0 saturated carbocycles. The van der Waals surface area contributed by atoms with Crippen molar-refractivity contribution < 1.29 is 14.0 Å². The number of halogens is 1. The Morgan fingerprint density at radius 3 is 2.04 bits per heavy atom. The topological polar surface area (TPSA) is 58.2 Å². The lowest BCUT2D eigenvalue weighted by Gasteiger charge is -2.09. The van der Waals surface area contributed by atoms with Gasteiger partial charge < -0.3 is 10.6 Å². The van der Waals surface area contributed by atoms with E-state index in [1.807, 2.05) is 36.4 Å². The number of nitrogens with one attached hydrogen (secondary N) is 2. The smallest absolute Gasteiger partial charge is 0.254 e. The molecule has 0 spiro atoms. The van der Waals surface area contributed by atoms with Crippen LogP contribution in [0.4, 0.5) is 4.39 Å². The molecule has 0 bridgehead atoms. The zero-order chi connectivity index (χ0) is 17.6. The van der Waals surface area contributed by atoms with E-state index in [0.29, 0.717) is 5.56 Å². The van der Waals surface area contributed by atoms with Crippen LogP contribution < -0.4 is 10.6 Å². The minimum absolute atomic E-state index is 0.0112. The number of fused-ring (bicyclic) bond motifs is 1. The Bertz CT molecular complexity index is 919. The first kappa shape index (κ1) is 16.6. The largest absolute Gasteiger partial charge is 0.350 e. The number of carbonyl (C=O) groups excluding carboxylic acids is 2. The lowest BCUT2D eigenvalue weighted by atomic mass is 10.0. The third-order valence-corrected chi connectivity index (χ3v) is 3.85. The zero-order valence-corrected chi connectivity index (χ0v) is 13.5. The Labute approximate surface area is 144 Å². The van der Waals surface area contributed by atoms with Gasteiger partial charge in [-0.2, -0.15) is 0 Å². The van der Waals surface area contributed by atoms with Crippen LogP contribution in [-0.4, -0.2) is 24.9 Å². The van der Waals surface area contributed by atoms with E-state index in [4.69, 9.17) is 0 Å². The molecule has 0 aliphatic heterocycles. The molecule has 0 unspecified atom stereocenters. The number of hydrogen-bond acceptors (Lipinski definition) is 2. The normalized spacial score (nSPS) is 10.4. The Balaban J connectivity index is 1.56. The maximum Gasteiger partial charge on any atom is 0.254 e. The van der Waals surface area contributed by atoms with E-state index in [2.05, 4.69) is 10.6 Å². The van der Waals surface area contributed by atoms with Gasteiger partial charge in [0, 0.05) is 18.7 Å². The predicted octanol–water partition coefficient (Wildman–Crippen LogP) is 3.14. The van der Waals surface area contributed by atoms with Gasteiger partial charge in [-0.1, -0.05) is 48.5 Å². The monoisotopic (exact) mass is 336 g/mol. The van der Waals surface area contributed by atoms with E-state index in [1.165, 1.54) is 18.2 Å². The fourth-order valence-corrected chi connectivity index (χ4v) is 2.61. The predicted molar refractivity (Wildman–Crippen MR) is 95.0 cm³/mol. The Hall–Kier alpha value is -3.21. The summed E-state index contributed by atoms with van der Waals surface area (Å²) in [5.74, 6) is -1.28. The molecule has 0 atom stereocenters. The lowest BCUT2D eigenvalue weighted by Crippen LogP contribution is -2.35. The summed E-state index contributed by atoms with van der Waals surface area (Å²) in [5, 5.41) is 7.22. The SMILES string of the molecule is O=C(NCCNC(=O)c1cccc2ccccc12)c1ccccc1F. The number of hydrogen-bond donors (Lipinski definition) is 2. The van der Waals surface area contributed by atoms with Crippen LogP contribution in [0.2, 0.25) is 0 Å². The van der Waals surface area contributed by atoms with E-state index in [0.717, 1.165) is 10.8 Å². The maximum absolute atomic E-state index is 13.5. The first-order valence-electron chi connectivity index (χ1n) is 7.95. The molecule has 0 aromatic heterocycles. The standard InChI is InChI=1S/C20H17FN2O2/c21-18-11-4-3-9-17(18)20(25)23-13-12-22-19(24)16-10-5-7-14-6-1-2-8-15(14)16/h1-11H,12-13H2,(H,22,24)(H,23,25). The molecule has 3 aromatic rings. The Morgan fingerprint density at radius 1 is 0.720 bits per heavy atom. The summed E-state index contributed by atoms with van der Waals surface area (Å²) in [7, 11) is 0. The zero-order valence-electron chi connectivity index (χ0n) is 13.5. The van der Waals surface area contributed by atoms with Crippen LogP contribution in [0.1, 0.15) is 20.7 Å². The summed E-state index contributed by atoms with van der Waals surface area (Å²) in [5.41, 5.74) is 0.571. The fourth-order valence-electron chi connectivity index (χ4n) is 2.61. The fraction of sp³-hybridized carbons (Fsp3) is 0.100. The molecule has 0 aliphatic carbocycles. The molecule has 3 rings (SSSR count). The van der Waals surface area contributed by atoms with Crippen LogP contribution in [-0.2, 0) is 0 Å². The highest BCUT2D eigenvalue weighted by molar-refractivity contribution is 6.07. The van der Waals surface area contributed by atoms with Crippen molar-refractivity contribution in [2.24, 2.45) is 0 Å². The second kappa shape index (κ2) is 7.57. The Kier molecular flexibility index (Phi) is 5.04. The number of rotatable bonds is 5. The molecule has 126 valence electrons.